The van der Waals surface area contributed by atoms with Crippen LogP contribution in [0.3, 0.4) is 0 Å². The standard InChI is InChI=1S/C14H14N4O2S/c1-20-7-6-17-9-10(8-15-17)18-13(19)11-4-2-3-5-12(11)16-14(18)21/h2-5,8-9H,6-7H2,1H3,(H,16,21). The van der Waals surface area contributed by atoms with Gasteiger partial charge in [0.25, 0.3) is 5.56 Å². The summed E-state index contributed by atoms with van der Waals surface area (Å²) in [5.74, 6) is 0. The number of aromatic amines is 1. The summed E-state index contributed by atoms with van der Waals surface area (Å²) in [5, 5.41) is 4.80. The second-order valence-corrected chi connectivity index (χ2v) is 4.96. The second kappa shape index (κ2) is 5.63. The molecule has 6 nitrogen and oxygen atoms in total. The Morgan fingerprint density at radius 2 is 2.19 bits per heavy atom. The van der Waals surface area contributed by atoms with E-state index in [0.717, 1.165) is 5.52 Å². The fraction of sp³-hybridized carbons (Fsp3) is 0.214. The maximum Gasteiger partial charge on any atom is 0.266 e. The second-order valence-electron chi connectivity index (χ2n) is 4.57. The van der Waals surface area contributed by atoms with Crippen LogP contribution in [0.15, 0.2) is 41.5 Å². The smallest absolute Gasteiger partial charge is 0.266 e. The zero-order valence-corrected chi connectivity index (χ0v) is 12.3. The summed E-state index contributed by atoms with van der Waals surface area (Å²) in [6, 6.07) is 7.29. The van der Waals surface area contributed by atoms with Gasteiger partial charge in [0.1, 0.15) is 0 Å². The molecule has 21 heavy (non-hydrogen) atoms. The molecular formula is C14H14N4O2S. The molecule has 0 saturated heterocycles. The molecule has 0 aliphatic carbocycles. The van der Waals surface area contributed by atoms with Gasteiger partial charge in [-0.1, -0.05) is 12.1 Å². The molecule has 0 aliphatic heterocycles. The lowest BCUT2D eigenvalue weighted by Crippen LogP contribution is -2.20. The van der Waals surface area contributed by atoms with Crippen LogP contribution in [-0.4, -0.2) is 33.0 Å². The minimum atomic E-state index is -0.152. The number of nitrogens with zero attached hydrogens (tertiary/aromatic N) is 3. The molecule has 1 N–H and O–H groups in total. The highest BCUT2D eigenvalue weighted by Crippen LogP contribution is 2.10. The van der Waals surface area contributed by atoms with Gasteiger partial charge in [-0.05, 0) is 24.4 Å². The largest absolute Gasteiger partial charge is 0.383 e. The Morgan fingerprint density at radius 1 is 1.38 bits per heavy atom. The Balaban J connectivity index is 2.14. The van der Waals surface area contributed by atoms with Crippen molar-refractivity contribution in [2.75, 3.05) is 13.7 Å². The van der Waals surface area contributed by atoms with Crippen molar-refractivity contribution < 1.29 is 4.74 Å². The Bertz CT molecular complexity index is 894. The van der Waals surface area contributed by atoms with Crippen molar-refractivity contribution in [1.82, 2.24) is 19.3 Å². The van der Waals surface area contributed by atoms with E-state index in [9.17, 15) is 4.79 Å². The molecule has 2 heterocycles. The van der Waals surface area contributed by atoms with Crippen LogP contribution in [0.5, 0.6) is 0 Å². The molecule has 3 rings (SSSR count). The van der Waals surface area contributed by atoms with E-state index in [1.165, 1.54) is 4.57 Å². The van der Waals surface area contributed by atoms with Gasteiger partial charge in [-0.15, -0.1) is 0 Å². The highest BCUT2D eigenvalue weighted by atomic mass is 32.1. The molecule has 7 heteroatoms. The van der Waals surface area contributed by atoms with E-state index in [2.05, 4.69) is 10.1 Å². The molecule has 0 fully saturated rings. The number of benzene rings is 1. The molecule has 0 atom stereocenters. The average Bonchev–Trinajstić information content (AvgIpc) is 2.93. The van der Waals surface area contributed by atoms with Gasteiger partial charge in [-0.3, -0.25) is 9.48 Å². The van der Waals surface area contributed by atoms with Crippen molar-refractivity contribution in [3.8, 4) is 5.69 Å². The van der Waals surface area contributed by atoms with Crippen LogP contribution in [0.1, 0.15) is 0 Å². The zero-order valence-electron chi connectivity index (χ0n) is 11.4. The zero-order chi connectivity index (χ0) is 14.8. The summed E-state index contributed by atoms with van der Waals surface area (Å²) in [6.07, 6.45) is 3.40. The van der Waals surface area contributed by atoms with Crippen molar-refractivity contribution in [2.45, 2.75) is 6.54 Å². The summed E-state index contributed by atoms with van der Waals surface area (Å²) in [5.41, 5.74) is 1.22. The summed E-state index contributed by atoms with van der Waals surface area (Å²) in [6.45, 7) is 1.18. The minimum Gasteiger partial charge on any atom is -0.383 e. The van der Waals surface area contributed by atoms with Crippen molar-refractivity contribution in [1.29, 1.82) is 0 Å². The van der Waals surface area contributed by atoms with E-state index in [1.54, 1.807) is 30.3 Å². The molecule has 3 aromatic rings. The van der Waals surface area contributed by atoms with E-state index >= 15 is 0 Å². The fourth-order valence-electron chi connectivity index (χ4n) is 2.17. The molecular weight excluding hydrogens is 288 g/mol. The van der Waals surface area contributed by atoms with E-state index in [4.69, 9.17) is 17.0 Å². The maximum atomic E-state index is 12.6. The van der Waals surface area contributed by atoms with Gasteiger partial charge in [0, 0.05) is 13.3 Å². The molecule has 0 bridgehead atoms. The molecule has 2 aromatic heterocycles. The molecule has 0 spiro atoms. The molecule has 0 saturated carbocycles. The van der Waals surface area contributed by atoms with Gasteiger partial charge < -0.3 is 9.72 Å². The molecule has 0 amide bonds. The van der Waals surface area contributed by atoms with Gasteiger partial charge in [-0.2, -0.15) is 5.10 Å². The highest BCUT2D eigenvalue weighted by molar-refractivity contribution is 7.71. The van der Waals surface area contributed by atoms with Crippen molar-refractivity contribution in [2.24, 2.45) is 0 Å². The highest BCUT2D eigenvalue weighted by Gasteiger charge is 2.09. The Morgan fingerprint density at radius 3 is 3.00 bits per heavy atom. The normalized spacial score (nSPS) is 11.1. The maximum absolute atomic E-state index is 12.6. The van der Waals surface area contributed by atoms with Crippen LogP contribution < -0.4 is 5.56 Å². The van der Waals surface area contributed by atoms with Crippen LogP contribution in [-0.2, 0) is 11.3 Å². The number of methoxy groups -OCH3 is 1. The molecule has 1 aromatic carbocycles. The lowest BCUT2D eigenvalue weighted by Gasteiger charge is -2.05. The first kappa shape index (κ1) is 13.7. The van der Waals surface area contributed by atoms with Crippen molar-refractivity contribution in [3.05, 3.63) is 51.8 Å². The van der Waals surface area contributed by atoms with Crippen LogP contribution in [0.2, 0.25) is 0 Å². The molecule has 0 aliphatic rings. The Kier molecular flexibility index (Phi) is 3.68. The number of para-hydroxylation sites is 1. The summed E-state index contributed by atoms with van der Waals surface area (Å²) in [7, 11) is 1.63. The quantitative estimate of drug-likeness (QED) is 0.748. The molecule has 0 unspecified atom stereocenters. The molecule has 108 valence electrons. The van der Waals surface area contributed by atoms with E-state index in [0.29, 0.717) is 29.0 Å². The molecule has 0 radical (unpaired) electrons. The van der Waals surface area contributed by atoms with E-state index in [-0.39, 0.29) is 5.56 Å². The van der Waals surface area contributed by atoms with Gasteiger partial charge in [0.15, 0.2) is 4.77 Å². The van der Waals surface area contributed by atoms with Crippen LogP contribution in [0.25, 0.3) is 16.6 Å². The Hall–Kier alpha value is -2.25. The summed E-state index contributed by atoms with van der Waals surface area (Å²) >= 11 is 5.29. The number of H-pyrrole nitrogens is 1. The van der Waals surface area contributed by atoms with Crippen molar-refractivity contribution in [3.63, 3.8) is 0 Å². The number of ether oxygens (including phenoxy) is 1. The predicted octanol–water partition coefficient (Wildman–Crippen LogP) is 1.89. The van der Waals surface area contributed by atoms with Gasteiger partial charge in [0.05, 0.1) is 35.9 Å². The topological polar surface area (TPSA) is 64.8 Å². The third-order valence-electron chi connectivity index (χ3n) is 3.21. The lowest BCUT2D eigenvalue weighted by atomic mass is 10.2. The van der Waals surface area contributed by atoms with Gasteiger partial charge in [0.2, 0.25) is 0 Å². The predicted molar refractivity (Wildman–Crippen MR) is 82.4 cm³/mol. The fourth-order valence-corrected chi connectivity index (χ4v) is 2.47. The third kappa shape index (κ3) is 2.53. The summed E-state index contributed by atoms with van der Waals surface area (Å²) in [4.78, 5) is 15.7. The number of rotatable bonds is 4. The minimum absolute atomic E-state index is 0.152. The average molecular weight is 302 g/mol. The number of aromatic nitrogens is 4. The number of hydrogen-bond donors (Lipinski definition) is 1. The monoisotopic (exact) mass is 302 g/mol. The summed E-state index contributed by atoms with van der Waals surface area (Å²) < 4.78 is 8.53. The van der Waals surface area contributed by atoms with E-state index in [1.807, 2.05) is 18.2 Å². The van der Waals surface area contributed by atoms with Crippen LogP contribution in [0, 0.1) is 4.77 Å². The van der Waals surface area contributed by atoms with Crippen LogP contribution in [0.4, 0.5) is 0 Å². The number of hydrogen-bond acceptors (Lipinski definition) is 4. The van der Waals surface area contributed by atoms with E-state index < -0.39 is 0 Å². The van der Waals surface area contributed by atoms with Crippen LogP contribution >= 0.6 is 12.2 Å². The third-order valence-corrected chi connectivity index (χ3v) is 3.49. The first-order valence-corrected chi connectivity index (χ1v) is 6.87. The lowest BCUT2D eigenvalue weighted by molar-refractivity contribution is 0.183. The number of nitrogens with one attached hydrogen (secondary N) is 1. The van der Waals surface area contributed by atoms with Gasteiger partial charge in [-0.25, -0.2) is 4.57 Å². The first-order chi connectivity index (χ1) is 10.2. The number of fused-ring (bicyclic) bond motifs is 1. The SMILES string of the molecule is COCCn1cc(-n2c(=S)[nH]c3ccccc3c2=O)cn1. The van der Waals surface area contributed by atoms with Gasteiger partial charge >= 0.3 is 0 Å². The first-order valence-electron chi connectivity index (χ1n) is 6.46. The van der Waals surface area contributed by atoms with Crippen molar-refractivity contribution >= 4 is 23.1 Å². The Labute approximate surface area is 125 Å².